The number of ether oxygens (including phenoxy) is 2. The van der Waals surface area contributed by atoms with E-state index < -0.39 is 0 Å². The zero-order valence-corrected chi connectivity index (χ0v) is 9.99. The molecule has 0 aliphatic carbocycles. The smallest absolute Gasteiger partial charge is 0.159 e. The Morgan fingerprint density at radius 3 is 2.82 bits per heavy atom. The van der Waals surface area contributed by atoms with Gasteiger partial charge in [-0.15, -0.1) is 0 Å². The first kappa shape index (κ1) is 12.5. The average Bonchev–Trinajstić information content (AvgIpc) is 2.81. The van der Waals surface area contributed by atoms with Crippen molar-refractivity contribution < 1.29 is 13.9 Å². The van der Waals surface area contributed by atoms with Gasteiger partial charge in [-0.3, -0.25) is 0 Å². The monoisotopic (exact) mass is 239 g/mol. The minimum atomic E-state index is -0.210. The molecule has 1 aromatic rings. The highest BCUT2D eigenvalue weighted by atomic mass is 19.1. The summed E-state index contributed by atoms with van der Waals surface area (Å²) in [6.45, 7) is 4.15. The molecular weight excluding hydrogens is 221 g/mol. The summed E-state index contributed by atoms with van der Waals surface area (Å²) in [5, 5.41) is 3.33. The molecule has 0 saturated carbocycles. The Kier molecular flexibility index (Phi) is 4.48. The highest BCUT2D eigenvalue weighted by molar-refractivity contribution is 5.20. The maximum absolute atomic E-state index is 13.2. The van der Waals surface area contributed by atoms with Gasteiger partial charge >= 0.3 is 0 Å². The van der Waals surface area contributed by atoms with Crippen LogP contribution < -0.4 is 5.32 Å². The highest BCUT2D eigenvalue weighted by Crippen LogP contribution is 2.22. The predicted octanol–water partition coefficient (Wildman–Crippen LogP) is 2.24. The number of rotatable bonds is 5. The molecule has 1 atom stereocenters. The van der Waals surface area contributed by atoms with Gasteiger partial charge in [-0.25, -0.2) is 4.39 Å². The van der Waals surface area contributed by atoms with E-state index in [0.717, 1.165) is 12.1 Å². The molecule has 3 nitrogen and oxygen atoms in total. The van der Waals surface area contributed by atoms with Crippen LogP contribution in [0.25, 0.3) is 0 Å². The highest BCUT2D eigenvalue weighted by Gasteiger charge is 2.22. The zero-order valence-electron chi connectivity index (χ0n) is 9.99. The molecule has 1 fully saturated rings. The molecule has 17 heavy (non-hydrogen) atoms. The van der Waals surface area contributed by atoms with E-state index in [-0.39, 0.29) is 18.1 Å². The number of hydrogen-bond donors (Lipinski definition) is 1. The van der Waals surface area contributed by atoms with Crippen molar-refractivity contribution in [1.82, 2.24) is 5.32 Å². The van der Waals surface area contributed by atoms with Crippen LogP contribution in [0.15, 0.2) is 24.3 Å². The average molecular weight is 239 g/mol. The zero-order chi connectivity index (χ0) is 12.1. The first-order chi connectivity index (χ1) is 8.29. The molecule has 1 N–H and O–H groups in total. The summed E-state index contributed by atoms with van der Waals surface area (Å²) >= 11 is 0. The molecule has 0 radical (unpaired) electrons. The van der Waals surface area contributed by atoms with Crippen LogP contribution in [0.1, 0.15) is 24.9 Å². The lowest BCUT2D eigenvalue weighted by atomic mass is 10.0. The summed E-state index contributed by atoms with van der Waals surface area (Å²) < 4.78 is 24.0. The molecule has 2 rings (SSSR count). The minimum absolute atomic E-state index is 0.0683. The maximum Gasteiger partial charge on any atom is 0.159 e. The molecule has 1 aliphatic rings. The lowest BCUT2D eigenvalue weighted by molar-refractivity contribution is -0.0529. The normalized spacial score (nSPS) is 18.5. The first-order valence-electron chi connectivity index (χ1n) is 6.01. The quantitative estimate of drug-likeness (QED) is 0.854. The Morgan fingerprint density at radius 2 is 2.18 bits per heavy atom. The molecule has 0 spiro atoms. The predicted molar refractivity (Wildman–Crippen MR) is 63.1 cm³/mol. The van der Waals surface area contributed by atoms with Crippen molar-refractivity contribution in [2.45, 2.75) is 25.7 Å². The molecular formula is C13H18FNO2. The third-order valence-electron chi connectivity index (χ3n) is 2.82. The fourth-order valence-electron chi connectivity index (χ4n) is 2.04. The van der Waals surface area contributed by atoms with Crippen LogP contribution in [0.3, 0.4) is 0 Å². The van der Waals surface area contributed by atoms with E-state index in [0.29, 0.717) is 19.6 Å². The van der Waals surface area contributed by atoms with Crippen molar-refractivity contribution in [2.24, 2.45) is 0 Å². The fourth-order valence-corrected chi connectivity index (χ4v) is 2.04. The molecule has 94 valence electrons. The molecule has 0 aromatic heterocycles. The summed E-state index contributed by atoms with van der Waals surface area (Å²) in [5.41, 5.74) is 0.936. The first-order valence-corrected chi connectivity index (χ1v) is 6.01. The fraction of sp³-hybridized carbons (Fsp3) is 0.538. The van der Waals surface area contributed by atoms with Gasteiger partial charge in [0.25, 0.3) is 0 Å². The molecule has 1 heterocycles. The number of nitrogens with one attached hydrogen (secondary N) is 1. The molecule has 1 saturated heterocycles. The Bertz CT molecular complexity index is 353. The van der Waals surface area contributed by atoms with Crippen LogP contribution in [-0.4, -0.2) is 26.0 Å². The third kappa shape index (κ3) is 3.49. The lowest BCUT2D eigenvalue weighted by Gasteiger charge is -2.21. The standard InChI is InChI=1S/C13H18FNO2/c1-2-15-12(9-13-16-6-7-17-13)10-4-3-5-11(14)8-10/h3-5,8,12-13,15H,2,6-7,9H2,1H3. The lowest BCUT2D eigenvalue weighted by Crippen LogP contribution is -2.26. The van der Waals surface area contributed by atoms with Crippen molar-refractivity contribution in [3.05, 3.63) is 35.6 Å². The van der Waals surface area contributed by atoms with E-state index >= 15 is 0 Å². The van der Waals surface area contributed by atoms with Gasteiger partial charge in [0.15, 0.2) is 6.29 Å². The largest absolute Gasteiger partial charge is 0.350 e. The summed E-state index contributed by atoms with van der Waals surface area (Å²) in [5.74, 6) is -0.210. The van der Waals surface area contributed by atoms with Crippen LogP contribution in [0.5, 0.6) is 0 Å². The second-order valence-corrected chi connectivity index (χ2v) is 4.07. The Balaban J connectivity index is 2.04. The summed E-state index contributed by atoms with van der Waals surface area (Å²) in [6.07, 6.45) is 0.527. The Hall–Kier alpha value is -0.970. The van der Waals surface area contributed by atoms with Gasteiger partial charge in [0.2, 0.25) is 0 Å². The van der Waals surface area contributed by atoms with Gasteiger partial charge in [-0.2, -0.15) is 0 Å². The van der Waals surface area contributed by atoms with E-state index in [1.807, 2.05) is 13.0 Å². The topological polar surface area (TPSA) is 30.5 Å². The molecule has 1 unspecified atom stereocenters. The van der Waals surface area contributed by atoms with E-state index in [4.69, 9.17) is 9.47 Å². The maximum atomic E-state index is 13.2. The Morgan fingerprint density at radius 1 is 1.41 bits per heavy atom. The minimum Gasteiger partial charge on any atom is -0.350 e. The molecule has 1 aliphatic heterocycles. The van der Waals surface area contributed by atoms with Crippen molar-refractivity contribution >= 4 is 0 Å². The van der Waals surface area contributed by atoms with Crippen molar-refractivity contribution in [3.8, 4) is 0 Å². The molecule has 4 heteroatoms. The van der Waals surface area contributed by atoms with Crippen LogP contribution in [-0.2, 0) is 9.47 Å². The van der Waals surface area contributed by atoms with E-state index in [9.17, 15) is 4.39 Å². The Labute approximate surface area is 101 Å². The molecule has 0 amide bonds. The summed E-state index contributed by atoms with van der Waals surface area (Å²) in [7, 11) is 0. The number of benzene rings is 1. The van der Waals surface area contributed by atoms with E-state index in [1.54, 1.807) is 12.1 Å². The SMILES string of the molecule is CCNC(CC1OCCO1)c1cccc(F)c1. The van der Waals surface area contributed by atoms with Crippen LogP contribution in [0, 0.1) is 5.82 Å². The molecule has 1 aromatic carbocycles. The second-order valence-electron chi connectivity index (χ2n) is 4.07. The van der Waals surface area contributed by atoms with Crippen molar-refractivity contribution in [1.29, 1.82) is 0 Å². The van der Waals surface area contributed by atoms with Gasteiger partial charge in [0.1, 0.15) is 5.82 Å². The van der Waals surface area contributed by atoms with Crippen LogP contribution in [0.4, 0.5) is 4.39 Å². The van der Waals surface area contributed by atoms with Gasteiger partial charge < -0.3 is 14.8 Å². The second kappa shape index (κ2) is 6.10. The van der Waals surface area contributed by atoms with Crippen molar-refractivity contribution in [2.75, 3.05) is 19.8 Å². The van der Waals surface area contributed by atoms with E-state index in [2.05, 4.69) is 5.32 Å². The summed E-state index contributed by atoms with van der Waals surface area (Å²) in [4.78, 5) is 0. The van der Waals surface area contributed by atoms with Gasteiger partial charge in [-0.1, -0.05) is 19.1 Å². The number of halogens is 1. The van der Waals surface area contributed by atoms with Gasteiger partial charge in [0.05, 0.1) is 13.2 Å². The van der Waals surface area contributed by atoms with Gasteiger partial charge in [0, 0.05) is 12.5 Å². The van der Waals surface area contributed by atoms with E-state index in [1.165, 1.54) is 6.07 Å². The molecule has 0 bridgehead atoms. The van der Waals surface area contributed by atoms with Crippen LogP contribution >= 0.6 is 0 Å². The van der Waals surface area contributed by atoms with Crippen molar-refractivity contribution in [3.63, 3.8) is 0 Å². The van der Waals surface area contributed by atoms with Gasteiger partial charge in [-0.05, 0) is 24.2 Å². The summed E-state index contributed by atoms with van der Waals surface area (Å²) in [6, 6.07) is 6.73. The number of hydrogen-bond acceptors (Lipinski definition) is 3. The third-order valence-corrected chi connectivity index (χ3v) is 2.82. The van der Waals surface area contributed by atoms with Crippen LogP contribution in [0.2, 0.25) is 0 Å².